The highest BCUT2D eigenvalue weighted by Gasteiger charge is 2.37. The number of amides is 1. The van der Waals surface area contributed by atoms with Crippen LogP contribution in [0, 0.1) is 5.92 Å². The molecular formula is C16H22ClNO2. The van der Waals surface area contributed by atoms with Gasteiger partial charge in [0.05, 0.1) is 18.6 Å². The standard InChI is InChI=1S/C16H22ClNO2/c1-11(2)20-10-9-18-16(19)15(12-3-4-12)13-5-7-14(17)8-6-13/h5-8,11-12,15H,3-4,9-10H2,1-2H3,(H,18,19). The fraction of sp³-hybridized carbons (Fsp3) is 0.562. The Kier molecular flexibility index (Phi) is 5.44. The number of nitrogens with one attached hydrogen (secondary N) is 1. The quantitative estimate of drug-likeness (QED) is 0.783. The molecule has 1 atom stereocenters. The van der Waals surface area contributed by atoms with Crippen LogP contribution in [-0.4, -0.2) is 25.2 Å². The van der Waals surface area contributed by atoms with E-state index in [2.05, 4.69) is 5.32 Å². The van der Waals surface area contributed by atoms with Gasteiger partial charge in [0, 0.05) is 11.6 Å². The summed E-state index contributed by atoms with van der Waals surface area (Å²) in [6.07, 6.45) is 2.45. The molecule has 1 amide bonds. The van der Waals surface area contributed by atoms with E-state index < -0.39 is 0 Å². The van der Waals surface area contributed by atoms with Gasteiger partial charge in [-0.1, -0.05) is 23.7 Å². The van der Waals surface area contributed by atoms with Gasteiger partial charge in [0.2, 0.25) is 5.91 Å². The molecule has 0 aliphatic heterocycles. The van der Waals surface area contributed by atoms with Crippen LogP contribution >= 0.6 is 11.6 Å². The number of hydrogen-bond acceptors (Lipinski definition) is 2. The maximum atomic E-state index is 12.4. The van der Waals surface area contributed by atoms with Crippen molar-refractivity contribution in [1.29, 1.82) is 0 Å². The minimum absolute atomic E-state index is 0.0497. The molecule has 1 saturated carbocycles. The van der Waals surface area contributed by atoms with E-state index in [4.69, 9.17) is 16.3 Å². The summed E-state index contributed by atoms with van der Waals surface area (Å²) in [6.45, 7) is 5.10. The molecule has 0 bridgehead atoms. The van der Waals surface area contributed by atoms with E-state index in [9.17, 15) is 4.79 Å². The van der Waals surface area contributed by atoms with Crippen LogP contribution < -0.4 is 5.32 Å². The topological polar surface area (TPSA) is 38.3 Å². The molecule has 1 N–H and O–H groups in total. The molecule has 3 nitrogen and oxygen atoms in total. The normalized spacial score (nSPS) is 16.2. The first-order valence-corrected chi connectivity index (χ1v) is 7.60. The number of halogens is 1. The molecule has 0 radical (unpaired) electrons. The summed E-state index contributed by atoms with van der Waals surface area (Å²) in [5, 5.41) is 3.68. The van der Waals surface area contributed by atoms with E-state index in [1.807, 2.05) is 38.1 Å². The number of carbonyl (C=O) groups is 1. The molecule has 2 rings (SSSR count). The van der Waals surface area contributed by atoms with Crippen molar-refractivity contribution in [2.75, 3.05) is 13.2 Å². The van der Waals surface area contributed by atoms with Gasteiger partial charge in [-0.15, -0.1) is 0 Å². The van der Waals surface area contributed by atoms with Crippen molar-refractivity contribution >= 4 is 17.5 Å². The third kappa shape index (κ3) is 4.50. The molecule has 1 aliphatic rings. The molecule has 1 aromatic carbocycles. The number of ether oxygens (including phenoxy) is 1. The van der Waals surface area contributed by atoms with Gasteiger partial charge in [-0.3, -0.25) is 4.79 Å². The average Bonchev–Trinajstić information content (AvgIpc) is 3.22. The Morgan fingerprint density at radius 2 is 2.00 bits per heavy atom. The zero-order chi connectivity index (χ0) is 14.5. The predicted molar refractivity (Wildman–Crippen MR) is 81.0 cm³/mol. The number of carbonyl (C=O) groups excluding carboxylic acids is 1. The van der Waals surface area contributed by atoms with Crippen LogP contribution in [0.4, 0.5) is 0 Å². The minimum atomic E-state index is -0.0497. The summed E-state index contributed by atoms with van der Waals surface area (Å²) < 4.78 is 5.44. The molecule has 1 aliphatic carbocycles. The summed E-state index contributed by atoms with van der Waals surface area (Å²) >= 11 is 5.91. The monoisotopic (exact) mass is 295 g/mol. The van der Waals surface area contributed by atoms with Crippen LogP contribution in [0.5, 0.6) is 0 Å². The van der Waals surface area contributed by atoms with E-state index in [-0.39, 0.29) is 17.9 Å². The zero-order valence-electron chi connectivity index (χ0n) is 12.1. The Labute approximate surface area is 125 Å². The number of hydrogen-bond donors (Lipinski definition) is 1. The van der Waals surface area contributed by atoms with Crippen molar-refractivity contribution in [3.63, 3.8) is 0 Å². The van der Waals surface area contributed by atoms with E-state index in [0.29, 0.717) is 24.1 Å². The third-order valence-corrected chi connectivity index (χ3v) is 3.71. The second-order valence-electron chi connectivity index (χ2n) is 5.58. The first-order chi connectivity index (χ1) is 9.58. The summed E-state index contributed by atoms with van der Waals surface area (Å²) in [5.41, 5.74) is 1.05. The lowest BCUT2D eigenvalue weighted by molar-refractivity contribution is -0.123. The molecule has 1 unspecified atom stereocenters. The van der Waals surface area contributed by atoms with Crippen LogP contribution in [0.25, 0.3) is 0 Å². The van der Waals surface area contributed by atoms with Crippen LogP contribution in [0.1, 0.15) is 38.2 Å². The summed E-state index contributed by atoms with van der Waals surface area (Å²) in [4.78, 5) is 12.4. The Hall–Kier alpha value is -1.06. The Balaban J connectivity index is 1.91. The summed E-state index contributed by atoms with van der Waals surface area (Å²) in [7, 11) is 0. The zero-order valence-corrected chi connectivity index (χ0v) is 12.8. The van der Waals surface area contributed by atoms with Gasteiger partial charge in [-0.25, -0.2) is 0 Å². The van der Waals surface area contributed by atoms with Crippen LogP contribution in [-0.2, 0) is 9.53 Å². The van der Waals surface area contributed by atoms with Gasteiger partial charge >= 0.3 is 0 Å². The highest BCUT2D eigenvalue weighted by atomic mass is 35.5. The van der Waals surface area contributed by atoms with Crippen LogP contribution in [0.15, 0.2) is 24.3 Å². The van der Waals surface area contributed by atoms with Gasteiger partial charge in [-0.2, -0.15) is 0 Å². The van der Waals surface area contributed by atoms with Gasteiger partial charge in [0.15, 0.2) is 0 Å². The highest BCUT2D eigenvalue weighted by molar-refractivity contribution is 6.30. The maximum Gasteiger partial charge on any atom is 0.227 e. The SMILES string of the molecule is CC(C)OCCNC(=O)C(c1ccc(Cl)cc1)C1CC1. The first kappa shape index (κ1) is 15.3. The lowest BCUT2D eigenvalue weighted by atomic mass is 9.93. The largest absolute Gasteiger partial charge is 0.377 e. The van der Waals surface area contributed by atoms with Gasteiger partial charge in [0.1, 0.15) is 0 Å². The van der Waals surface area contributed by atoms with Crippen molar-refractivity contribution in [2.45, 2.75) is 38.7 Å². The van der Waals surface area contributed by atoms with E-state index in [0.717, 1.165) is 18.4 Å². The second-order valence-corrected chi connectivity index (χ2v) is 6.01. The van der Waals surface area contributed by atoms with E-state index >= 15 is 0 Å². The van der Waals surface area contributed by atoms with E-state index in [1.165, 1.54) is 0 Å². The molecule has 110 valence electrons. The van der Waals surface area contributed by atoms with Crippen molar-refractivity contribution in [3.05, 3.63) is 34.9 Å². The molecule has 0 heterocycles. The van der Waals surface area contributed by atoms with Gasteiger partial charge in [0.25, 0.3) is 0 Å². The summed E-state index contributed by atoms with van der Waals surface area (Å²) in [5.74, 6) is 0.524. The Morgan fingerprint density at radius 3 is 2.55 bits per heavy atom. The van der Waals surface area contributed by atoms with Crippen LogP contribution in [0.2, 0.25) is 5.02 Å². The lowest BCUT2D eigenvalue weighted by Crippen LogP contribution is -2.33. The molecule has 4 heteroatoms. The van der Waals surface area contributed by atoms with Crippen molar-refractivity contribution in [3.8, 4) is 0 Å². The lowest BCUT2D eigenvalue weighted by Gasteiger charge is -2.17. The minimum Gasteiger partial charge on any atom is -0.377 e. The van der Waals surface area contributed by atoms with Crippen molar-refractivity contribution in [1.82, 2.24) is 5.32 Å². The second kappa shape index (κ2) is 7.09. The molecule has 0 spiro atoms. The van der Waals surface area contributed by atoms with Crippen molar-refractivity contribution in [2.24, 2.45) is 5.92 Å². The molecule has 0 aromatic heterocycles. The molecule has 1 aromatic rings. The molecular weight excluding hydrogens is 274 g/mol. The number of benzene rings is 1. The predicted octanol–water partition coefficient (Wildman–Crippen LogP) is 3.37. The maximum absolute atomic E-state index is 12.4. The van der Waals surface area contributed by atoms with Crippen LogP contribution in [0.3, 0.4) is 0 Å². The van der Waals surface area contributed by atoms with Gasteiger partial charge < -0.3 is 10.1 Å². The molecule has 1 fully saturated rings. The average molecular weight is 296 g/mol. The molecule has 0 saturated heterocycles. The Bertz CT molecular complexity index is 440. The fourth-order valence-electron chi connectivity index (χ4n) is 2.32. The first-order valence-electron chi connectivity index (χ1n) is 7.22. The summed E-state index contributed by atoms with van der Waals surface area (Å²) in [6, 6.07) is 7.61. The van der Waals surface area contributed by atoms with Crippen molar-refractivity contribution < 1.29 is 9.53 Å². The fourth-order valence-corrected chi connectivity index (χ4v) is 2.44. The molecule has 20 heavy (non-hydrogen) atoms. The Morgan fingerprint density at radius 1 is 1.35 bits per heavy atom. The van der Waals surface area contributed by atoms with E-state index in [1.54, 1.807) is 0 Å². The highest BCUT2D eigenvalue weighted by Crippen LogP contribution is 2.42. The smallest absolute Gasteiger partial charge is 0.227 e. The third-order valence-electron chi connectivity index (χ3n) is 3.46. The van der Waals surface area contributed by atoms with Gasteiger partial charge in [-0.05, 0) is 50.3 Å². The number of rotatable bonds is 7.